The molecule has 0 spiro atoms. The van der Waals surface area contributed by atoms with Crippen LogP contribution < -0.4 is 10.1 Å². The van der Waals surface area contributed by atoms with Crippen LogP contribution in [-0.2, 0) is 30.2 Å². The molecule has 0 radical (unpaired) electrons. The second kappa shape index (κ2) is 11.9. The summed E-state index contributed by atoms with van der Waals surface area (Å²) in [6.45, 7) is 2.24. The molecule has 1 amide bonds. The van der Waals surface area contributed by atoms with Crippen LogP contribution in [0.2, 0.25) is 5.02 Å². The second-order valence-electron chi connectivity index (χ2n) is 8.13. The van der Waals surface area contributed by atoms with Crippen LogP contribution in [0.3, 0.4) is 0 Å². The minimum atomic E-state index is -4.54. The number of carbonyl (C=O) groups excluding carboxylic acids is 1. The quantitative estimate of drug-likeness (QED) is 0.312. The summed E-state index contributed by atoms with van der Waals surface area (Å²) in [4.78, 5) is 23.2. The van der Waals surface area contributed by atoms with Crippen LogP contribution >= 0.6 is 11.6 Å². The highest BCUT2D eigenvalue weighted by atomic mass is 35.5. The lowest BCUT2D eigenvalue weighted by atomic mass is 10.0. The number of aliphatic carboxylic acids is 1. The van der Waals surface area contributed by atoms with E-state index in [0.29, 0.717) is 24.3 Å². The smallest absolute Gasteiger partial charge is 0.416 e. The highest BCUT2D eigenvalue weighted by Gasteiger charge is 2.31. The van der Waals surface area contributed by atoms with Gasteiger partial charge in [0.1, 0.15) is 11.5 Å². The third kappa shape index (κ3) is 7.49. The molecule has 0 atom stereocenters. The Morgan fingerprint density at radius 1 is 0.972 bits per heavy atom. The zero-order valence-electron chi connectivity index (χ0n) is 19.5. The molecule has 0 fully saturated rings. The van der Waals surface area contributed by atoms with E-state index in [1.54, 1.807) is 12.1 Å². The number of amides is 1. The maximum Gasteiger partial charge on any atom is 0.416 e. The fourth-order valence-electron chi connectivity index (χ4n) is 3.67. The van der Waals surface area contributed by atoms with E-state index in [-0.39, 0.29) is 23.6 Å². The molecule has 9 heteroatoms. The predicted octanol–water partition coefficient (Wildman–Crippen LogP) is 6.70. The number of halogens is 4. The summed E-state index contributed by atoms with van der Waals surface area (Å²) in [7, 11) is 0. The van der Waals surface area contributed by atoms with Gasteiger partial charge in [0.15, 0.2) is 0 Å². The first-order valence-corrected chi connectivity index (χ1v) is 11.7. The van der Waals surface area contributed by atoms with Crippen molar-refractivity contribution in [2.24, 2.45) is 0 Å². The molecule has 0 unspecified atom stereocenters. The molecule has 0 aliphatic carbocycles. The maximum absolute atomic E-state index is 12.8. The minimum Gasteiger partial charge on any atom is -0.481 e. The molecule has 3 aromatic carbocycles. The number of hydrogen-bond donors (Lipinski definition) is 2. The van der Waals surface area contributed by atoms with Crippen LogP contribution in [0.5, 0.6) is 11.5 Å². The number of alkyl halides is 3. The summed E-state index contributed by atoms with van der Waals surface area (Å²) in [5.41, 5.74) is 1.95. The van der Waals surface area contributed by atoms with Crippen molar-refractivity contribution in [2.75, 3.05) is 6.54 Å². The number of rotatable bonds is 10. The van der Waals surface area contributed by atoms with Crippen molar-refractivity contribution in [1.82, 2.24) is 5.32 Å². The monoisotopic (exact) mass is 519 g/mol. The van der Waals surface area contributed by atoms with Crippen LogP contribution in [-0.4, -0.2) is 23.5 Å². The number of hydrogen-bond acceptors (Lipinski definition) is 3. The Balaban J connectivity index is 1.59. The first-order chi connectivity index (χ1) is 17.1. The van der Waals surface area contributed by atoms with E-state index in [1.165, 1.54) is 0 Å². The third-order valence-corrected chi connectivity index (χ3v) is 5.85. The van der Waals surface area contributed by atoms with Crippen molar-refractivity contribution in [1.29, 1.82) is 0 Å². The standard InChI is InChI=1S/C27H25ClF3NO4/c1-2-18-15-22(9-6-19(18)7-11-25(33)34)36-21-5-3-4-17(14-21)12-13-32-26(35)23-10-8-20(16-24(23)28)27(29,30)31/h3-6,8-10,14-16H,2,7,11-13H2,1H3,(H,32,35)(H,33,34). The normalized spacial score (nSPS) is 11.2. The molecule has 0 heterocycles. The molecule has 0 aliphatic rings. The van der Waals surface area contributed by atoms with Gasteiger partial charge in [0.05, 0.1) is 16.1 Å². The van der Waals surface area contributed by atoms with Gasteiger partial charge < -0.3 is 15.2 Å². The number of carbonyl (C=O) groups is 2. The number of benzene rings is 3. The topological polar surface area (TPSA) is 75.6 Å². The molecule has 0 saturated heterocycles. The average Bonchev–Trinajstić information content (AvgIpc) is 2.82. The van der Waals surface area contributed by atoms with Gasteiger partial charge in [-0.25, -0.2) is 0 Å². The largest absolute Gasteiger partial charge is 0.481 e. The Bertz CT molecular complexity index is 1240. The third-order valence-electron chi connectivity index (χ3n) is 5.54. The Kier molecular flexibility index (Phi) is 8.98. The van der Waals surface area contributed by atoms with Crippen molar-refractivity contribution >= 4 is 23.5 Å². The Labute approximate surface area is 211 Å². The van der Waals surface area contributed by atoms with E-state index in [0.717, 1.165) is 41.3 Å². The van der Waals surface area contributed by atoms with Crippen LogP contribution in [0.1, 0.15) is 46.0 Å². The molecule has 5 nitrogen and oxygen atoms in total. The lowest BCUT2D eigenvalue weighted by molar-refractivity contribution is -0.138. The van der Waals surface area contributed by atoms with Gasteiger partial charge in [-0.15, -0.1) is 0 Å². The zero-order valence-corrected chi connectivity index (χ0v) is 20.2. The van der Waals surface area contributed by atoms with E-state index in [1.807, 2.05) is 37.3 Å². The number of nitrogens with one attached hydrogen (secondary N) is 1. The molecule has 2 N–H and O–H groups in total. The second-order valence-corrected chi connectivity index (χ2v) is 8.53. The summed E-state index contributed by atoms with van der Waals surface area (Å²) in [6, 6.07) is 15.5. The van der Waals surface area contributed by atoms with Crippen molar-refractivity contribution in [3.63, 3.8) is 0 Å². The van der Waals surface area contributed by atoms with Gasteiger partial charge in [0.2, 0.25) is 0 Å². The van der Waals surface area contributed by atoms with E-state index in [4.69, 9.17) is 21.4 Å². The summed E-state index contributed by atoms with van der Waals surface area (Å²) >= 11 is 5.88. The van der Waals surface area contributed by atoms with Gasteiger partial charge in [0, 0.05) is 13.0 Å². The summed E-state index contributed by atoms with van der Waals surface area (Å²) in [5.74, 6) is -0.165. The fourth-order valence-corrected chi connectivity index (χ4v) is 3.94. The van der Waals surface area contributed by atoms with Gasteiger partial charge in [0.25, 0.3) is 5.91 Å². The van der Waals surface area contributed by atoms with Gasteiger partial charge in [-0.3, -0.25) is 9.59 Å². The SMILES string of the molecule is CCc1cc(Oc2cccc(CCNC(=O)c3ccc(C(F)(F)F)cc3Cl)c2)ccc1CCC(=O)O. The molecule has 0 aliphatic heterocycles. The number of carboxylic acid groups (broad SMARTS) is 1. The Morgan fingerprint density at radius 2 is 1.72 bits per heavy atom. The van der Waals surface area contributed by atoms with E-state index in [9.17, 15) is 22.8 Å². The maximum atomic E-state index is 12.8. The molecule has 36 heavy (non-hydrogen) atoms. The van der Waals surface area contributed by atoms with Crippen molar-refractivity contribution in [3.8, 4) is 11.5 Å². The van der Waals surface area contributed by atoms with E-state index in [2.05, 4.69) is 5.32 Å². The number of ether oxygens (including phenoxy) is 1. The molecule has 0 bridgehead atoms. The summed E-state index contributed by atoms with van der Waals surface area (Å²) < 4.78 is 44.3. The van der Waals surface area contributed by atoms with Gasteiger partial charge in [-0.05, 0) is 78.4 Å². The fraction of sp³-hybridized carbons (Fsp3) is 0.259. The zero-order chi connectivity index (χ0) is 26.3. The minimum absolute atomic E-state index is 0.0275. The van der Waals surface area contributed by atoms with Gasteiger partial charge in [-0.2, -0.15) is 13.2 Å². The van der Waals surface area contributed by atoms with E-state index >= 15 is 0 Å². The molecule has 0 saturated carbocycles. The number of aryl methyl sites for hydroxylation is 2. The lowest BCUT2D eigenvalue weighted by Gasteiger charge is -2.12. The molecular weight excluding hydrogens is 495 g/mol. The highest BCUT2D eigenvalue weighted by molar-refractivity contribution is 6.33. The summed E-state index contributed by atoms with van der Waals surface area (Å²) in [5, 5.41) is 11.3. The van der Waals surface area contributed by atoms with Crippen molar-refractivity contribution in [3.05, 3.63) is 93.5 Å². The first kappa shape index (κ1) is 27.1. The highest BCUT2D eigenvalue weighted by Crippen LogP contribution is 2.32. The molecule has 190 valence electrons. The molecule has 3 rings (SSSR count). The Morgan fingerprint density at radius 3 is 2.39 bits per heavy atom. The lowest BCUT2D eigenvalue weighted by Crippen LogP contribution is -2.26. The van der Waals surface area contributed by atoms with Crippen LogP contribution in [0, 0.1) is 0 Å². The number of carboxylic acids is 1. The average molecular weight is 520 g/mol. The van der Waals surface area contributed by atoms with Crippen molar-refractivity contribution in [2.45, 2.75) is 38.8 Å². The van der Waals surface area contributed by atoms with Gasteiger partial charge in [-0.1, -0.05) is 36.7 Å². The van der Waals surface area contributed by atoms with Gasteiger partial charge >= 0.3 is 12.1 Å². The molecular formula is C27H25ClF3NO4. The Hall–Kier alpha value is -3.52. The molecule has 0 aromatic heterocycles. The first-order valence-electron chi connectivity index (χ1n) is 11.3. The molecule has 3 aromatic rings. The van der Waals surface area contributed by atoms with Crippen molar-refractivity contribution < 1.29 is 32.6 Å². The van der Waals surface area contributed by atoms with Crippen LogP contribution in [0.25, 0.3) is 0 Å². The predicted molar refractivity (Wildman–Crippen MR) is 131 cm³/mol. The van der Waals surface area contributed by atoms with Crippen LogP contribution in [0.4, 0.5) is 13.2 Å². The van der Waals surface area contributed by atoms with E-state index < -0.39 is 23.6 Å². The summed E-state index contributed by atoms with van der Waals surface area (Å²) in [6.07, 6.45) is -2.80. The van der Waals surface area contributed by atoms with Crippen LogP contribution in [0.15, 0.2) is 60.7 Å².